The van der Waals surface area contributed by atoms with Gasteiger partial charge in [-0.2, -0.15) is 0 Å². The van der Waals surface area contributed by atoms with Crippen LogP contribution in [0.4, 0.5) is 19.0 Å². The molecule has 0 spiro atoms. The number of nitrogens with zero attached hydrogens (tertiary/aromatic N) is 2. The first-order chi connectivity index (χ1) is 7.33. The van der Waals surface area contributed by atoms with Gasteiger partial charge in [-0.05, 0) is 9.91 Å². The van der Waals surface area contributed by atoms with E-state index in [-0.39, 0.29) is 12.1 Å². The third kappa shape index (κ3) is 3.05. The summed E-state index contributed by atoms with van der Waals surface area (Å²) >= 11 is 0. The summed E-state index contributed by atoms with van der Waals surface area (Å²) < 4.78 is 39.3. The second-order valence-electron chi connectivity index (χ2n) is 2.66. The Hall–Kier alpha value is -1.90. The molecule has 0 fully saturated rings. The summed E-state index contributed by atoms with van der Waals surface area (Å²) in [5.74, 6) is -1.23. The number of pyridine rings is 1. The molecule has 0 unspecified atom stereocenters. The molecule has 0 radical (unpaired) electrons. The van der Waals surface area contributed by atoms with E-state index in [0.29, 0.717) is 6.20 Å². The zero-order chi connectivity index (χ0) is 12.3. The van der Waals surface area contributed by atoms with E-state index >= 15 is 0 Å². The zero-order valence-electron chi connectivity index (χ0n) is 7.69. The van der Waals surface area contributed by atoms with E-state index in [4.69, 9.17) is 5.73 Å². The number of nitro groups is 1. The maximum Gasteiger partial charge on any atom is 0.573 e. The molecule has 1 rings (SSSR count). The van der Waals surface area contributed by atoms with Gasteiger partial charge in [-0.25, -0.2) is 0 Å². The summed E-state index contributed by atoms with van der Waals surface area (Å²) in [5.41, 5.74) is 5.00. The van der Waals surface area contributed by atoms with Crippen molar-refractivity contribution < 1.29 is 22.8 Å². The minimum atomic E-state index is -4.89. The highest BCUT2D eigenvalue weighted by Crippen LogP contribution is 2.27. The highest BCUT2D eigenvalue weighted by molar-refractivity contribution is 5.37. The van der Waals surface area contributed by atoms with Gasteiger partial charge in [-0.15, -0.1) is 13.2 Å². The monoisotopic (exact) mass is 237 g/mol. The maximum atomic E-state index is 11.9. The summed E-state index contributed by atoms with van der Waals surface area (Å²) in [6, 6.07) is 0.834. The number of hydrogen-bond donors (Lipinski definition) is 1. The Labute approximate surface area is 87.0 Å². The molecule has 0 atom stereocenters. The third-order valence-electron chi connectivity index (χ3n) is 1.57. The van der Waals surface area contributed by atoms with Crippen LogP contribution >= 0.6 is 0 Å². The van der Waals surface area contributed by atoms with Crippen LogP contribution in [0, 0.1) is 10.1 Å². The van der Waals surface area contributed by atoms with Crippen molar-refractivity contribution in [2.45, 2.75) is 12.9 Å². The molecule has 0 aliphatic carbocycles. The van der Waals surface area contributed by atoms with Crippen molar-refractivity contribution in [3.63, 3.8) is 0 Å². The van der Waals surface area contributed by atoms with E-state index < -0.39 is 22.9 Å². The molecule has 0 amide bonds. The molecule has 0 aromatic carbocycles. The molecular formula is C7H6F3N3O3. The van der Waals surface area contributed by atoms with Gasteiger partial charge in [0.15, 0.2) is 11.9 Å². The van der Waals surface area contributed by atoms with Crippen LogP contribution in [0.15, 0.2) is 12.3 Å². The van der Waals surface area contributed by atoms with Gasteiger partial charge in [0.25, 0.3) is 0 Å². The van der Waals surface area contributed by atoms with Crippen molar-refractivity contribution in [1.82, 2.24) is 4.98 Å². The SMILES string of the molecule is NCc1cc([N+](=O)[O-])ncc1OC(F)(F)F. The van der Waals surface area contributed by atoms with E-state index in [1.807, 2.05) is 0 Å². The van der Waals surface area contributed by atoms with Gasteiger partial charge < -0.3 is 20.6 Å². The van der Waals surface area contributed by atoms with Crippen molar-refractivity contribution in [2.75, 3.05) is 0 Å². The normalized spacial score (nSPS) is 11.2. The van der Waals surface area contributed by atoms with Crippen LogP contribution in [0.2, 0.25) is 0 Å². The molecule has 0 aliphatic heterocycles. The topological polar surface area (TPSA) is 91.3 Å². The second kappa shape index (κ2) is 4.31. The predicted octanol–water partition coefficient (Wildman–Crippen LogP) is 1.35. The first-order valence-electron chi connectivity index (χ1n) is 3.92. The number of alkyl halides is 3. The van der Waals surface area contributed by atoms with E-state index in [0.717, 1.165) is 6.07 Å². The van der Waals surface area contributed by atoms with Crippen LogP contribution in [0.5, 0.6) is 5.75 Å². The lowest BCUT2D eigenvalue weighted by atomic mass is 10.2. The summed E-state index contributed by atoms with van der Waals surface area (Å²) in [4.78, 5) is 12.7. The van der Waals surface area contributed by atoms with Gasteiger partial charge in [0.05, 0.1) is 0 Å². The molecule has 1 aromatic heterocycles. The van der Waals surface area contributed by atoms with Gasteiger partial charge in [-0.1, -0.05) is 0 Å². The van der Waals surface area contributed by atoms with E-state index in [1.165, 1.54) is 0 Å². The Balaban J connectivity index is 3.07. The van der Waals surface area contributed by atoms with E-state index in [2.05, 4.69) is 9.72 Å². The Morgan fingerprint density at radius 1 is 1.56 bits per heavy atom. The zero-order valence-corrected chi connectivity index (χ0v) is 7.69. The average molecular weight is 237 g/mol. The largest absolute Gasteiger partial charge is 0.573 e. The average Bonchev–Trinajstić information content (AvgIpc) is 2.15. The van der Waals surface area contributed by atoms with E-state index in [9.17, 15) is 23.3 Å². The van der Waals surface area contributed by atoms with Gasteiger partial charge >= 0.3 is 12.2 Å². The quantitative estimate of drug-likeness (QED) is 0.632. The lowest BCUT2D eigenvalue weighted by molar-refractivity contribution is -0.389. The number of hydrogen-bond acceptors (Lipinski definition) is 5. The lowest BCUT2D eigenvalue weighted by Gasteiger charge is -2.10. The fraction of sp³-hybridized carbons (Fsp3) is 0.286. The molecular weight excluding hydrogens is 231 g/mol. The molecule has 88 valence electrons. The number of rotatable bonds is 3. The molecule has 0 bridgehead atoms. The van der Waals surface area contributed by atoms with Gasteiger partial charge in [-0.3, -0.25) is 0 Å². The van der Waals surface area contributed by atoms with Crippen LogP contribution in [0.1, 0.15) is 5.56 Å². The van der Waals surface area contributed by atoms with Crippen molar-refractivity contribution in [3.8, 4) is 5.75 Å². The molecule has 1 heterocycles. The summed E-state index contributed by atoms with van der Waals surface area (Å²) in [5, 5.41) is 10.3. The number of halogens is 3. The van der Waals surface area contributed by atoms with Crippen LogP contribution in [-0.4, -0.2) is 16.3 Å². The molecule has 16 heavy (non-hydrogen) atoms. The maximum absolute atomic E-state index is 11.9. The molecule has 9 heteroatoms. The van der Waals surface area contributed by atoms with Gasteiger partial charge in [0.1, 0.15) is 0 Å². The molecule has 0 saturated heterocycles. The molecule has 0 aliphatic rings. The summed E-state index contributed by atoms with van der Waals surface area (Å²) in [6.45, 7) is -0.325. The van der Waals surface area contributed by atoms with Crippen molar-refractivity contribution in [3.05, 3.63) is 27.9 Å². The number of aromatic nitrogens is 1. The first kappa shape index (κ1) is 12.2. The Morgan fingerprint density at radius 3 is 2.62 bits per heavy atom. The van der Waals surface area contributed by atoms with Crippen molar-refractivity contribution in [1.29, 1.82) is 0 Å². The van der Waals surface area contributed by atoms with Crippen LogP contribution < -0.4 is 10.5 Å². The van der Waals surface area contributed by atoms with Crippen molar-refractivity contribution >= 4 is 5.82 Å². The lowest BCUT2D eigenvalue weighted by Crippen LogP contribution is -2.19. The molecule has 2 N–H and O–H groups in total. The smallest absolute Gasteiger partial charge is 0.401 e. The van der Waals surface area contributed by atoms with E-state index in [1.54, 1.807) is 0 Å². The molecule has 1 aromatic rings. The minimum absolute atomic E-state index is 0.140. The van der Waals surface area contributed by atoms with Crippen LogP contribution in [-0.2, 0) is 6.54 Å². The standard InChI is InChI=1S/C7H6F3N3O3/c8-7(9,10)16-5-3-12-6(13(14)15)1-4(5)2-11/h1,3H,2,11H2. The molecule has 0 saturated carbocycles. The highest BCUT2D eigenvalue weighted by atomic mass is 19.4. The van der Waals surface area contributed by atoms with Gasteiger partial charge in [0, 0.05) is 18.2 Å². The minimum Gasteiger partial charge on any atom is -0.401 e. The Bertz CT molecular complexity index is 408. The highest BCUT2D eigenvalue weighted by Gasteiger charge is 2.33. The van der Waals surface area contributed by atoms with Crippen LogP contribution in [0.25, 0.3) is 0 Å². The van der Waals surface area contributed by atoms with Crippen molar-refractivity contribution in [2.24, 2.45) is 5.73 Å². The summed E-state index contributed by atoms with van der Waals surface area (Å²) in [6.07, 6.45) is -4.27. The third-order valence-corrected chi connectivity index (χ3v) is 1.57. The number of ether oxygens (including phenoxy) is 1. The fourth-order valence-corrected chi connectivity index (χ4v) is 0.948. The fourth-order valence-electron chi connectivity index (χ4n) is 0.948. The second-order valence-corrected chi connectivity index (χ2v) is 2.66. The Morgan fingerprint density at radius 2 is 2.19 bits per heavy atom. The van der Waals surface area contributed by atoms with Gasteiger partial charge in [0.2, 0.25) is 0 Å². The molecule has 6 nitrogen and oxygen atoms in total. The van der Waals surface area contributed by atoms with Crippen LogP contribution in [0.3, 0.4) is 0 Å². The summed E-state index contributed by atoms with van der Waals surface area (Å²) in [7, 11) is 0. The number of nitrogens with two attached hydrogens (primary N) is 1. The predicted molar refractivity (Wildman–Crippen MR) is 45.5 cm³/mol. The Kier molecular flexibility index (Phi) is 3.28. The first-order valence-corrected chi connectivity index (χ1v) is 3.92.